The van der Waals surface area contributed by atoms with E-state index in [1.165, 1.54) is 109 Å². The fourth-order valence-corrected chi connectivity index (χ4v) is 6.59. The van der Waals surface area contributed by atoms with Crippen molar-refractivity contribution in [3.63, 3.8) is 0 Å². The third-order valence-corrected chi connectivity index (χ3v) is 10.2. The van der Waals surface area contributed by atoms with Gasteiger partial charge in [0, 0.05) is 19.3 Å². The summed E-state index contributed by atoms with van der Waals surface area (Å²) in [5.41, 5.74) is 0. The average molecular weight is 802 g/mol. The molecule has 0 heterocycles. The summed E-state index contributed by atoms with van der Waals surface area (Å²) >= 11 is 0. The molecule has 0 aliphatic rings. The van der Waals surface area contributed by atoms with E-state index in [9.17, 15) is 19.5 Å². The largest absolute Gasteiger partial charge is 0.544 e. The molecule has 0 amide bonds. The SMILES string of the molecule is CCCCC/C=C/C/C=C/C/C=C/C/C=C/CCCC(=O)OCC(COCCC(C(=O)[O-])[N+](C)(C)C)OC(=O)CCCCCCCCCCCCCCCCCC. The zero-order valence-electron chi connectivity index (χ0n) is 37.5. The topological polar surface area (TPSA) is 102 Å². The number of hydrogen-bond donors (Lipinski definition) is 0. The molecule has 330 valence electrons. The van der Waals surface area contributed by atoms with E-state index in [1.807, 2.05) is 0 Å². The Morgan fingerprint density at radius 3 is 1.42 bits per heavy atom. The lowest BCUT2D eigenvalue weighted by atomic mass is 10.0. The van der Waals surface area contributed by atoms with Gasteiger partial charge in [0.1, 0.15) is 12.6 Å². The fourth-order valence-electron chi connectivity index (χ4n) is 6.59. The predicted octanol–water partition coefficient (Wildman–Crippen LogP) is 11.5. The van der Waals surface area contributed by atoms with E-state index < -0.39 is 18.1 Å². The van der Waals surface area contributed by atoms with Gasteiger partial charge in [-0.1, -0.05) is 172 Å². The first kappa shape index (κ1) is 54.3. The van der Waals surface area contributed by atoms with Crippen molar-refractivity contribution in [2.45, 2.75) is 206 Å². The van der Waals surface area contributed by atoms with Crippen LogP contribution in [0.25, 0.3) is 0 Å². The van der Waals surface area contributed by atoms with Crippen LogP contribution < -0.4 is 5.11 Å². The number of rotatable bonds is 41. The van der Waals surface area contributed by atoms with Crippen LogP contribution in [0.4, 0.5) is 0 Å². The molecular weight excluding hydrogens is 715 g/mol. The molecule has 0 aromatic rings. The number of likely N-dealkylation sites (N-methyl/N-ethyl adjacent to an activating group) is 1. The van der Waals surface area contributed by atoms with Crippen molar-refractivity contribution >= 4 is 17.9 Å². The second-order valence-corrected chi connectivity index (χ2v) is 16.6. The zero-order valence-corrected chi connectivity index (χ0v) is 37.5. The molecule has 0 aromatic heterocycles. The van der Waals surface area contributed by atoms with Gasteiger partial charge in [-0.3, -0.25) is 9.59 Å². The van der Waals surface area contributed by atoms with Gasteiger partial charge < -0.3 is 28.6 Å². The summed E-state index contributed by atoms with van der Waals surface area (Å²) in [7, 11) is 5.39. The minimum absolute atomic E-state index is 0.0249. The molecular formula is C49H87NO7. The number of hydrogen-bond acceptors (Lipinski definition) is 7. The van der Waals surface area contributed by atoms with E-state index in [-0.39, 0.29) is 49.1 Å². The maximum Gasteiger partial charge on any atom is 0.306 e. The summed E-state index contributed by atoms with van der Waals surface area (Å²) in [6.07, 6.45) is 47.1. The minimum atomic E-state index is -1.13. The van der Waals surface area contributed by atoms with Crippen LogP contribution in [-0.2, 0) is 28.6 Å². The van der Waals surface area contributed by atoms with E-state index >= 15 is 0 Å². The molecule has 0 aliphatic heterocycles. The number of aliphatic carboxylic acids is 1. The molecule has 0 fully saturated rings. The maximum absolute atomic E-state index is 12.7. The summed E-state index contributed by atoms with van der Waals surface area (Å²) < 4.78 is 17.1. The lowest BCUT2D eigenvalue weighted by molar-refractivity contribution is -0.889. The van der Waals surface area contributed by atoms with Gasteiger partial charge in [0.15, 0.2) is 6.10 Å². The summed E-state index contributed by atoms with van der Waals surface area (Å²) in [4.78, 5) is 36.9. The quantitative estimate of drug-likeness (QED) is 0.0262. The Labute approximate surface area is 350 Å². The molecule has 0 radical (unpaired) electrons. The number of carbonyl (C=O) groups excluding carboxylic acids is 3. The molecule has 2 atom stereocenters. The highest BCUT2D eigenvalue weighted by molar-refractivity contribution is 5.70. The van der Waals surface area contributed by atoms with E-state index in [0.29, 0.717) is 12.8 Å². The number of allylic oxidation sites excluding steroid dienone is 8. The Hall–Kier alpha value is -2.71. The van der Waals surface area contributed by atoms with E-state index in [1.54, 1.807) is 21.1 Å². The molecule has 0 saturated carbocycles. The highest BCUT2D eigenvalue weighted by Crippen LogP contribution is 2.15. The summed E-state index contributed by atoms with van der Waals surface area (Å²) in [5.74, 6) is -1.80. The first-order valence-electron chi connectivity index (χ1n) is 23.2. The Morgan fingerprint density at radius 1 is 0.526 bits per heavy atom. The standard InChI is InChI=1S/C49H87NO7/c1-6-8-10-12-14-16-18-20-22-24-26-27-29-31-33-35-37-39-47(51)56-44-45(43-55-42-41-46(49(53)54)50(3,4)5)57-48(52)40-38-36-34-32-30-28-25-23-21-19-17-15-13-11-9-7-2/h14,16,20,22,26-27,31,33,45-46H,6-13,15,17-19,21,23-25,28-30,32,34-44H2,1-5H3/b16-14+,22-20+,27-26+,33-31+. The van der Waals surface area contributed by atoms with Crippen molar-refractivity contribution in [3.05, 3.63) is 48.6 Å². The van der Waals surface area contributed by atoms with Gasteiger partial charge in [-0.15, -0.1) is 0 Å². The van der Waals surface area contributed by atoms with Crippen LogP contribution in [0.3, 0.4) is 0 Å². The second kappa shape index (κ2) is 40.1. The number of nitrogens with zero attached hydrogens (tertiary/aromatic N) is 1. The van der Waals surface area contributed by atoms with Gasteiger partial charge >= 0.3 is 11.9 Å². The summed E-state index contributed by atoms with van der Waals surface area (Å²) in [6.45, 7) is 4.59. The monoisotopic (exact) mass is 802 g/mol. The lowest BCUT2D eigenvalue weighted by Crippen LogP contribution is -2.55. The molecule has 8 nitrogen and oxygen atoms in total. The minimum Gasteiger partial charge on any atom is -0.544 e. The van der Waals surface area contributed by atoms with Crippen LogP contribution >= 0.6 is 0 Å². The summed E-state index contributed by atoms with van der Waals surface area (Å²) in [5, 5.41) is 11.6. The van der Waals surface area contributed by atoms with Crippen molar-refractivity contribution in [2.24, 2.45) is 0 Å². The van der Waals surface area contributed by atoms with E-state index in [4.69, 9.17) is 14.2 Å². The van der Waals surface area contributed by atoms with E-state index in [2.05, 4.69) is 62.5 Å². The van der Waals surface area contributed by atoms with Gasteiger partial charge in [0.05, 0.1) is 40.3 Å². The molecule has 0 saturated heterocycles. The fraction of sp³-hybridized carbons (Fsp3) is 0.776. The van der Waals surface area contributed by atoms with Crippen LogP contribution in [0.15, 0.2) is 48.6 Å². The van der Waals surface area contributed by atoms with Crippen molar-refractivity contribution in [1.82, 2.24) is 0 Å². The first-order chi connectivity index (χ1) is 27.6. The van der Waals surface area contributed by atoms with Crippen LogP contribution in [-0.4, -0.2) is 75.5 Å². The number of unbranched alkanes of at least 4 members (excludes halogenated alkanes) is 19. The number of carboxylic acid groups (broad SMARTS) is 1. The Balaban J connectivity index is 4.40. The summed E-state index contributed by atoms with van der Waals surface area (Å²) in [6, 6.07) is -0.733. The average Bonchev–Trinajstić information content (AvgIpc) is 3.17. The van der Waals surface area contributed by atoms with E-state index in [0.717, 1.165) is 44.9 Å². The van der Waals surface area contributed by atoms with Crippen LogP contribution in [0.2, 0.25) is 0 Å². The molecule has 0 bridgehead atoms. The second-order valence-electron chi connectivity index (χ2n) is 16.6. The molecule has 0 N–H and O–H groups in total. The Bertz CT molecular complexity index is 1070. The Kier molecular flexibility index (Phi) is 38.2. The number of carbonyl (C=O) groups is 3. The van der Waals surface area contributed by atoms with Crippen molar-refractivity contribution in [3.8, 4) is 0 Å². The van der Waals surface area contributed by atoms with Crippen LogP contribution in [0, 0.1) is 0 Å². The highest BCUT2D eigenvalue weighted by atomic mass is 16.6. The van der Waals surface area contributed by atoms with Crippen molar-refractivity contribution in [1.29, 1.82) is 0 Å². The predicted molar refractivity (Wildman–Crippen MR) is 236 cm³/mol. The van der Waals surface area contributed by atoms with Crippen LogP contribution in [0.1, 0.15) is 194 Å². The van der Waals surface area contributed by atoms with Gasteiger partial charge in [0.25, 0.3) is 0 Å². The lowest BCUT2D eigenvalue weighted by Gasteiger charge is -2.34. The van der Waals surface area contributed by atoms with Gasteiger partial charge in [-0.2, -0.15) is 0 Å². The number of quaternary nitrogens is 1. The number of esters is 2. The van der Waals surface area contributed by atoms with Gasteiger partial charge in [-0.25, -0.2) is 0 Å². The normalized spacial score (nSPS) is 13.4. The molecule has 57 heavy (non-hydrogen) atoms. The first-order valence-corrected chi connectivity index (χ1v) is 23.2. The maximum atomic E-state index is 12.7. The molecule has 0 aromatic carbocycles. The third kappa shape index (κ3) is 38.6. The molecule has 2 unspecified atom stereocenters. The molecule has 8 heteroatoms. The zero-order chi connectivity index (χ0) is 42.1. The van der Waals surface area contributed by atoms with Crippen LogP contribution in [0.5, 0.6) is 0 Å². The van der Waals surface area contributed by atoms with Crippen molar-refractivity contribution in [2.75, 3.05) is 41.0 Å². The third-order valence-electron chi connectivity index (χ3n) is 10.2. The molecule has 0 aliphatic carbocycles. The van der Waals surface area contributed by atoms with Gasteiger partial charge in [-0.05, 0) is 51.4 Å². The number of carboxylic acids is 1. The van der Waals surface area contributed by atoms with Crippen molar-refractivity contribution < 1.29 is 38.2 Å². The molecule has 0 rings (SSSR count). The highest BCUT2D eigenvalue weighted by Gasteiger charge is 2.25. The van der Waals surface area contributed by atoms with Gasteiger partial charge in [0.2, 0.25) is 0 Å². The Morgan fingerprint density at radius 2 is 0.947 bits per heavy atom. The number of ether oxygens (including phenoxy) is 3. The smallest absolute Gasteiger partial charge is 0.306 e. The molecule has 0 spiro atoms.